The Labute approximate surface area is 356 Å². The fourth-order valence-electron chi connectivity index (χ4n) is 5.27. The number of non-ortho nitro benzene ring substituents is 4. The molecule has 4 aromatic carbocycles. The summed E-state index contributed by atoms with van der Waals surface area (Å²) in [4.78, 5) is 122. The lowest BCUT2D eigenvalue weighted by molar-refractivity contribution is -0.385. The third-order valence-electron chi connectivity index (χ3n) is 8.19. The number of hydrogen-bond donors (Lipinski definition) is 0. The Morgan fingerprint density at radius 3 is 0.903 bits per heavy atom. The van der Waals surface area contributed by atoms with E-state index >= 15 is 0 Å². The van der Waals surface area contributed by atoms with Crippen LogP contribution >= 0.6 is 23.5 Å². The first-order valence-corrected chi connectivity index (χ1v) is 19.4. The van der Waals surface area contributed by atoms with Crippen LogP contribution in [0.3, 0.4) is 0 Å². The number of hydrogen-bond acceptors (Lipinski definition) is 20. The Hall–Kier alpha value is -7.60. The van der Waals surface area contributed by atoms with Gasteiger partial charge < -0.3 is 18.9 Å². The number of nitro benzene ring substituents is 4. The summed E-state index contributed by atoms with van der Waals surface area (Å²) in [7, 11) is 0. The number of benzene rings is 4. The van der Waals surface area contributed by atoms with E-state index in [-0.39, 0.29) is 33.6 Å². The van der Waals surface area contributed by atoms with Crippen molar-refractivity contribution >= 4 is 80.4 Å². The highest BCUT2D eigenvalue weighted by molar-refractivity contribution is 8.14. The van der Waals surface area contributed by atoms with E-state index in [0.29, 0.717) is 23.5 Å². The number of nitro groups is 4. The van der Waals surface area contributed by atoms with Crippen molar-refractivity contribution in [2.45, 2.75) is 38.3 Å². The van der Waals surface area contributed by atoms with Gasteiger partial charge in [0.2, 0.25) is 10.2 Å². The predicted molar refractivity (Wildman–Crippen MR) is 215 cm³/mol. The molecule has 0 aromatic heterocycles. The van der Waals surface area contributed by atoms with E-state index in [0.717, 1.165) is 111 Å². The van der Waals surface area contributed by atoms with Crippen molar-refractivity contribution in [3.63, 3.8) is 0 Å². The second-order valence-electron chi connectivity index (χ2n) is 12.4. The average Bonchev–Trinajstić information content (AvgIpc) is 3.24. The van der Waals surface area contributed by atoms with Crippen molar-refractivity contribution in [1.82, 2.24) is 0 Å². The van der Waals surface area contributed by atoms with Gasteiger partial charge in [0.1, 0.15) is 0 Å². The van der Waals surface area contributed by atoms with Gasteiger partial charge in [-0.1, -0.05) is 23.5 Å². The summed E-state index contributed by atoms with van der Waals surface area (Å²) in [5.74, 6) is -5.85. The molecule has 24 heteroatoms. The number of nitrogens with zero attached hydrogens (tertiary/aromatic N) is 4. The molecule has 4 rings (SSSR count). The van der Waals surface area contributed by atoms with Crippen LogP contribution in [-0.2, 0) is 28.5 Å². The molecule has 0 spiro atoms. The summed E-state index contributed by atoms with van der Waals surface area (Å²) in [6, 6.07) is 16.7. The number of carbonyl (C=O) groups excluding carboxylic acids is 6. The molecule has 0 saturated heterocycles. The lowest BCUT2D eigenvalue weighted by atomic mass is 10.0. The van der Waals surface area contributed by atoms with Crippen LogP contribution in [0.4, 0.5) is 22.7 Å². The zero-order valence-corrected chi connectivity index (χ0v) is 33.5. The van der Waals surface area contributed by atoms with E-state index in [9.17, 15) is 69.2 Å². The maximum absolute atomic E-state index is 13.8. The summed E-state index contributed by atoms with van der Waals surface area (Å²) in [5, 5.41) is 43.4. The standard InChI is InChI=1S/C38H30N4O18S2/c1-21(43)57-31(19-61-37(47)25-7-15-29(16-8-25)41(53)54)33(59-35(45)23-3-11-27(12-4-23)39(49)50)34(60-36(46)24-5-13-28(14-6-24)40(51)52)32(58-22(2)44)20-62-38(48)26-9-17-30(18-10-26)42(55)56/h3-18,31-34H,19-20H2,1-2H3/t31-,32-,33-,34-/m1/s1. The van der Waals surface area contributed by atoms with Crippen LogP contribution in [0, 0.1) is 40.5 Å². The van der Waals surface area contributed by atoms with E-state index < -0.39 is 101 Å². The second-order valence-corrected chi connectivity index (χ2v) is 14.4. The zero-order valence-electron chi connectivity index (χ0n) is 31.9. The molecular formula is C38H30N4O18S2. The molecule has 0 fully saturated rings. The van der Waals surface area contributed by atoms with Gasteiger partial charge in [-0.3, -0.25) is 59.6 Å². The molecule has 0 unspecified atom stereocenters. The molecular weight excluding hydrogens is 865 g/mol. The predicted octanol–water partition coefficient (Wildman–Crippen LogP) is 6.08. The fourth-order valence-corrected chi connectivity index (χ4v) is 7.02. The molecule has 62 heavy (non-hydrogen) atoms. The quantitative estimate of drug-likeness (QED) is 0.0445. The minimum atomic E-state index is -2.07. The molecule has 4 atom stereocenters. The smallest absolute Gasteiger partial charge is 0.338 e. The van der Waals surface area contributed by atoms with Gasteiger partial charge in [0, 0.05) is 85.0 Å². The van der Waals surface area contributed by atoms with Crippen molar-refractivity contribution in [1.29, 1.82) is 0 Å². The third kappa shape index (κ3) is 13.2. The highest BCUT2D eigenvalue weighted by Crippen LogP contribution is 2.29. The van der Waals surface area contributed by atoms with E-state index in [1.54, 1.807) is 0 Å². The third-order valence-corrected chi connectivity index (χ3v) is 10.2. The van der Waals surface area contributed by atoms with Gasteiger partial charge in [0.25, 0.3) is 22.7 Å². The number of carbonyl (C=O) groups is 6. The van der Waals surface area contributed by atoms with Gasteiger partial charge in [-0.15, -0.1) is 0 Å². The number of esters is 4. The first-order valence-electron chi connectivity index (χ1n) is 17.4. The van der Waals surface area contributed by atoms with Gasteiger partial charge in [0.05, 0.1) is 30.8 Å². The van der Waals surface area contributed by atoms with E-state index in [1.807, 2.05) is 0 Å². The van der Waals surface area contributed by atoms with Crippen LogP contribution in [-0.4, -0.2) is 89.7 Å². The highest BCUT2D eigenvalue weighted by Gasteiger charge is 2.45. The Kier molecular flexibility index (Phi) is 16.4. The van der Waals surface area contributed by atoms with Crippen LogP contribution in [0.5, 0.6) is 0 Å². The van der Waals surface area contributed by atoms with Crippen molar-refractivity contribution in [3.05, 3.63) is 160 Å². The number of rotatable bonds is 19. The van der Waals surface area contributed by atoms with Crippen molar-refractivity contribution in [2.75, 3.05) is 11.5 Å². The molecule has 0 heterocycles. The van der Waals surface area contributed by atoms with Crippen LogP contribution in [0.25, 0.3) is 0 Å². The number of ether oxygens (including phenoxy) is 4. The van der Waals surface area contributed by atoms with Crippen molar-refractivity contribution in [2.24, 2.45) is 0 Å². The van der Waals surface area contributed by atoms with Gasteiger partial charge in [-0.05, 0) is 48.5 Å². The SMILES string of the molecule is CC(=O)O[C@H](CSC(=O)c1ccc([N+](=O)[O-])cc1)[C@@H](OC(=O)c1ccc([N+](=O)[O-])cc1)[C@H](OC(=O)c1ccc([N+](=O)[O-])cc1)[C@@H](CSC(=O)c1ccc([N+](=O)[O-])cc1)OC(C)=O. The molecule has 0 aliphatic rings. The molecule has 322 valence electrons. The average molecular weight is 895 g/mol. The fraction of sp³-hybridized carbons (Fsp3) is 0.211. The lowest BCUT2D eigenvalue weighted by Gasteiger charge is -2.35. The minimum absolute atomic E-state index is 0.0540. The van der Waals surface area contributed by atoms with Crippen LogP contribution < -0.4 is 0 Å². The van der Waals surface area contributed by atoms with E-state index in [4.69, 9.17) is 18.9 Å². The molecule has 0 aliphatic heterocycles. The highest BCUT2D eigenvalue weighted by atomic mass is 32.2. The molecule has 22 nitrogen and oxygen atoms in total. The second kappa shape index (κ2) is 21.6. The van der Waals surface area contributed by atoms with Crippen LogP contribution in [0.1, 0.15) is 55.3 Å². The van der Waals surface area contributed by atoms with Crippen molar-refractivity contribution < 1.29 is 67.4 Å². The number of thioether (sulfide) groups is 2. The summed E-state index contributed by atoms with van der Waals surface area (Å²) >= 11 is 0.920. The largest absolute Gasteiger partial charge is 0.458 e. The lowest BCUT2D eigenvalue weighted by Crippen LogP contribution is -2.53. The topological polar surface area (TPSA) is 312 Å². The van der Waals surface area contributed by atoms with Gasteiger partial charge >= 0.3 is 23.9 Å². The Morgan fingerprint density at radius 1 is 0.435 bits per heavy atom. The monoisotopic (exact) mass is 894 g/mol. The molecule has 0 N–H and O–H groups in total. The zero-order chi connectivity index (χ0) is 45.7. The normalized spacial score (nSPS) is 12.6. The Bertz CT molecular complexity index is 2210. The molecule has 0 amide bonds. The Balaban J connectivity index is 1.84. The summed E-state index contributed by atoms with van der Waals surface area (Å²) in [6.45, 7) is 1.87. The van der Waals surface area contributed by atoms with Gasteiger partial charge in [-0.2, -0.15) is 0 Å². The Morgan fingerprint density at radius 2 is 0.677 bits per heavy atom. The molecule has 0 radical (unpaired) electrons. The first-order chi connectivity index (χ1) is 29.3. The molecule has 4 aromatic rings. The van der Waals surface area contributed by atoms with Crippen molar-refractivity contribution in [3.8, 4) is 0 Å². The molecule has 0 bridgehead atoms. The minimum Gasteiger partial charge on any atom is -0.458 e. The van der Waals surface area contributed by atoms with E-state index in [2.05, 4.69) is 0 Å². The summed E-state index contributed by atoms with van der Waals surface area (Å²) in [6.07, 6.45) is -7.74. The molecule has 0 aliphatic carbocycles. The van der Waals surface area contributed by atoms with Gasteiger partial charge in [0.15, 0.2) is 24.4 Å². The maximum atomic E-state index is 13.8. The molecule has 0 saturated carbocycles. The summed E-state index contributed by atoms with van der Waals surface area (Å²) < 4.78 is 22.7. The van der Waals surface area contributed by atoms with E-state index in [1.165, 1.54) is 0 Å². The van der Waals surface area contributed by atoms with Gasteiger partial charge in [-0.25, -0.2) is 9.59 Å². The first kappa shape index (κ1) is 47.1. The maximum Gasteiger partial charge on any atom is 0.338 e. The van der Waals surface area contributed by atoms with Crippen LogP contribution in [0.15, 0.2) is 97.1 Å². The van der Waals surface area contributed by atoms with Crippen LogP contribution in [0.2, 0.25) is 0 Å². The summed E-state index contributed by atoms with van der Waals surface area (Å²) in [5.41, 5.74) is -2.27.